The molecule has 0 unspecified atom stereocenters. The van der Waals surface area contributed by atoms with Crippen LogP contribution in [0.2, 0.25) is 5.02 Å². The number of rotatable bonds is 7. The average Bonchev–Trinajstić information content (AvgIpc) is 3.14. The molecule has 0 fully saturated rings. The van der Waals surface area contributed by atoms with Crippen molar-refractivity contribution in [1.29, 1.82) is 0 Å². The third-order valence-electron chi connectivity index (χ3n) is 5.59. The summed E-state index contributed by atoms with van der Waals surface area (Å²) >= 11 is 6.08. The molecule has 0 atom stereocenters. The van der Waals surface area contributed by atoms with Gasteiger partial charge >= 0.3 is 5.97 Å². The number of anilines is 1. The molecule has 0 bridgehead atoms. The summed E-state index contributed by atoms with van der Waals surface area (Å²) in [6, 6.07) is 20.0. The summed E-state index contributed by atoms with van der Waals surface area (Å²) in [6.07, 6.45) is 0. The predicted octanol–water partition coefficient (Wildman–Crippen LogP) is 6.92. The first kappa shape index (κ1) is 21.9. The molecule has 4 rings (SSSR count). The summed E-state index contributed by atoms with van der Waals surface area (Å²) in [7, 11) is 0. The number of nitrogens with zero attached hydrogens (tertiary/aromatic N) is 1. The number of aromatic carboxylic acids is 1. The number of benzene rings is 3. The van der Waals surface area contributed by atoms with Gasteiger partial charge in [-0.05, 0) is 52.9 Å². The molecule has 0 aliphatic heterocycles. The van der Waals surface area contributed by atoms with Crippen LogP contribution in [0.25, 0.3) is 10.9 Å². The summed E-state index contributed by atoms with van der Waals surface area (Å²) in [6.45, 7) is 5.04. The Labute approximate surface area is 191 Å². The van der Waals surface area contributed by atoms with Crippen LogP contribution in [-0.2, 0) is 13.1 Å². The van der Waals surface area contributed by atoms with Crippen LogP contribution in [0.3, 0.4) is 0 Å². The largest absolute Gasteiger partial charge is 0.477 e. The van der Waals surface area contributed by atoms with Gasteiger partial charge in [0.1, 0.15) is 11.5 Å². The van der Waals surface area contributed by atoms with E-state index >= 15 is 0 Å². The number of aromatic nitrogens is 1. The minimum Gasteiger partial charge on any atom is -0.477 e. The lowest BCUT2D eigenvalue weighted by Crippen LogP contribution is -2.10. The SMILES string of the molecule is CC(C)c1ccc(CNc2ccc(F)c3c2cc(C(=O)O)n3Cc2cccc(Cl)c2)cc1. The molecule has 164 valence electrons. The van der Waals surface area contributed by atoms with Gasteiger partial charge in [-0.2, -0.15) is 0 Å². The van der Waals surface area contributed by atoms with Gasteiger partial charge in [-0.3, -0.25) is 0 Å². The molecule has 0 spiro atoms. The van der Waals surface area contributed by atoms with Crippen LogP contribution in [0.1, 0.15) is 46.9 Å². The van der Waals surface area contributed by atoms with Gasteiger partial charge in [-0.25, -0.2) is 9.18 Å². The summed E-state index contributed by atoms with van der Waals surface area (Å²) in [5.74, 6) is -1.12. The average molecular weight is 451 g/mol. The van der Waals surface area contributed by atoms with Gasteiger partial charge in [-0.1, -0.05) is 61.8 Å². The lowest BCUT2D eigenvalue weighted by Gasteiger charge is -2.12. The van der Waals surface area contributed by atoms with Crippen molar-refractivity contribution in [3.63, 3.8) is 0 Å². The molecule has 0 aliphatic rings. The molecule has 2 N–H and O–H groups in total. The van der Waals surface area contributed by atoms with Gasteiger partial charge in [0.15, 0.2) is 0 Å². The first-order valence-electron chi connectivity index (χ1n) is 10.5. The van der Waals surface area contributed by atoms with Crippen LogP contribution in [-0.4, -0.2) is 15.6 Å². The molecular weight excluding hydrogens is 427 g/mol. The van der Waals surface area contributed by atoms with Crippen molar-refractivity contribution >= 4 is 34.2 Å². The van der Waals surface area contributed by atoms with Gasteiger partial charge in [0.05, 0.1) is 5.52 Å². The van der Waals surface area contributed by atoms with E-state index in [2.05, 4.69) is 43.4 Å². The summed E-state index contributed by atoms with van der Waals surface area (Å²) in [4.78, 5) is 11.9. The maximum Gasteiger partial charge on any atom is 0.352 e. The van der Waals surface area contributed by atoms with E-state index in [9.17, 15) is 14.3 Å². The van der Waals surface area contributed by atoms with Crippen molar-refractivity contribution in [1.82, 2.24) is 4.57 Å². The van der Waals surface area contributed by atoms with Crippen LogP contribution in [0.15, 0.2) is 66.7 Å². The smallest absolute Gasteiger partial charge is 0.352 e. The van der Waals surface area contributed by atoms with Crippen molar-refractivity contribution in [2.45, 2.75) is 32.9 Å². The quantitative estimate of drug-likeness (QED) is 0.321. The van der Waals surface area contributed by atoms with Crippen molar-refractivity contribution in [3.8, 4) is 0 Å². The molecule has 1 aromatic heterocycles. The highest BCUT2D eigenvalue weighted by Gasteiger charge is 2.20. The van der Waals surface area contributed by atoms with E-state index in [1.54, 1.807) is 24.3 Å². The lowest BCUT2D eigenvalue weighted by atomic mass is 10.0. The van der Waals surface area contributed by atoms with E-state index in [0.29, 0.717) is 28.6 Å². The zero-order valence-corrected chi connectivity index (χ0v) is 18.7. The number of nitrogens with one attached hydrogen (secondary N) is 1. The van der Waals surface area contributed by atoms with Crippen LogP contribution in [0, 0.1) is 5.82 Å². The number of carboxylic acids is 1. The normalized spacial score (nSPS) is 11.3. The molecule has 4 nitrogen and oxygen atoms in total. The predicted molar refractivity (Wildman–Crippen MR) is 127 cm³/mol. The third kappa shape index (κ3) is 4.48. The molecule has 3 aromatic carbocycles. The van der Waals surface area contributed by atoms with E-state index in [1.165, 1.54) is 22.3 Å². The highest BCUT2D eigenvalue weighted by Crippen LogP contribution is 2.31. The van der Waals surface area contributed by atoms with E-state index in [4.69, 9.17) is 11.6 Å². The number of fused-ring (bicyclic) bond motifs is 1. The molecule has 0 saturated heterocycles. The van der Waals surface area contributed by atoms with Crippen LogP contribution in [0.4, 0.5) is 10.1 Å². The van der Waals surface area contributed by atoms with Gasteiger partial charge in [0, 0.05) is 29.2 Å². The van der Waals surface area contributed by atoms with Crippen LogP contribution >= 0.6 is 11.6 Å². The maximum atomic E-state index is 14.9. The molecule has 0 amide bonds. The first-order valence-corrected chi connectivity index (χ1v) is 10.8. The fourth-order valence-corrected chi connectivity index (χ4v) is 4.08. The Morgan fingerprint density at radius 1 is 1.06 bits per heavy atom. The van der Waals surface area contributed by atoms with Crippen LogP contribution < -0.4 is 5.32 Å². The molecule has 0 aliphatic carbocycles. The second-order valence-electron chi connectivity index (χ2n) is 8.16. The summed E-state index contributed by atoms with van der Waals surface area (Å²) in [5, 5.41) is 14.2. The summed E-state index contributed by atoms with van der Waals surface area (Å²) < 4.78 is 16.4. The van der Waals surface area contributed by atoms with Crippen molar-refractivity contribution in [3.05, 3.63) is 100.0 Å². The molecular formula is C26H24ClFN2O2. The number of hydrogen-bond acceptors (Lipinski definition) is 2. The highest BCUT2D eigenvalue weighted by molar-refractivity contribution is 6.30. The number of hydrogen-bond donors (Lipinski definition) is 2. The molecule has 0 saturated carbocycles. The zero-order chi connectivity index (χ0) is 22.8. The van der Waals surface area contributed by atoms with Crippen molar-refractivity contribution < 1.29 is 14.3 Å². The van der Waals surface area contributed by atoms with E-state index in [-0.39, 0.29) is 17.8 Å². The van der Waals surface area contributed by atoms with Crippen molar-refractivity contribution in [2.75, 3.05) is 5.32 Å². The number of halogens is 2. The Kier molecular flexibility index (Phi) is 6.19. The molecule has 32 heavy (non-hydrogen) atoms. The zero-order valence-electron chi connectivity index (χ0n) is 17.9. The van der Waals surface area contributed by atoms with Crippen molar-refractivity contribution in [2.24, 2.45) is 0 Å². The Hall–Kier alpha value is -3.31. The van der Waals surface area contributed by atoms with E-state index in [1.807, 2.05) is 6.07 Å². The monoisotopic (exact) mass is 450 g/mol. The Balaban J connectivity index is 1.70. The van der Waals surface area contributed by atoms with E-state index < -0.39 is 11.8 Å². The topological polar surface area (TPSA) is 54.3 Å². The minimum absolute atomic E-state index is 0.0226. The Morgan fingerprint density at radius 2 is 1.81 bits per heavy atom. The second kappa shape index (κ2) is 9.05. The fourth-order valence-electron chi connectivity index (χ4n) is 3.87. The van der Waals surface area contributed by atoms with Crippen LogP contribution in [0.5, 0.6) is 0 Å². The maximum absolute atomic E-state index is 14.9. The second-order valence-corrected chi connectivity index (χ2v) is 8.59. The lowest BCUT2D eigenvalue weighted by molar-refractivity contribution is 0.0686. The minimum atomic E-state index is -1.11. The molecule has 6 heteroatoms. The summed E-state index contributed by atoms with van der Waals surface area (Å²) in [5.41, 5.74) is 4.10. The number of carboxylic acid groups (broad SMARTS) is 1. The van der Waals surface area contributed by atoms with Gasteiger partial charge < -0.3 is 15.0 Å². The Bertz CT molecular complexity index is 1280. The molecule has 0 radical (unpaired) electrons. The van der Waals surface area contributed by atoms with Gasteiger partial charge in [-0.15, -0.1) is 0 Å². The fraction of sp³-hybridized carbons (Fsp3) is 0.192. The third-order valence-corrected chi connectivity index (χ3v) is 5.82. The Morgan fingerprint density at radius 3 is 2.47 bits per heavy atom. The number of carbonyl (C=O) groups is 1. The standard InChI is InChI=1S/C26H24ClFN2O2/c1-16(2)19-8-6-17(7-9-19)14-29-23-11-10-22(28)25-21(23)13-24(26(31)32)30(25)15-18-4-3-5-20(27)12-18/h3-13,16,29H,14-15H2,1-2H3,(H,31,32). The molecule has 4 aromatic rings. The molecule has 1 heterocycles. The van der Waals surface area contributed by atoms with Gasteiger partial charge in [0.2, 0.25) is 0 Å². The van der Waals surface area contributed by atoms with Gasteiger partial charge in [0.25, 0.3) is 0 Å². The van der Waals surface area contributed by atoms with E-state index in [0.717, 1.165) is 11.1 Å². The highest BCUT2D eigenvalue weighted by atomic mass is 35.5. The first-order chi connectivity index (χ1) is 15.3.